The van der Waals surface area contributed by atoms with Gasteiger partial charge in [0, 0.05) is 41.8 Å². The summed E-state index contributed by atoms with van der Waals surface area (Å²) in [5.41, 5.74) is 2.64. The first-order valence-corrected chi connectivity index (χ1v) is 16.4. The second kappa shape index (κ2) is 15.3. The predicted molar refractivity (Wildman–Crippen MR) is 205 cm³/mol. The normalized spacial score (nSPS) is 22.8. The third-order valence-corrected chi connectivity index (χ3v) is 10.1. The van der Waals surface area contributed by atoms with Gasteiger partial charge in [0.05, 0.1) is 18.2 Å². The number of rotatable bonds is 8. The molecule has 0 unspecified atom stereocenters. The number of carbonyl (C=O) groups excluding carboxylic acids is 2. The summed E-state index contributed by atoms with van der Waals surface area (Å²) in [4.78, 5) is 33.4. The van der Waals surface area contributed by atoms with Crippen molar-refractivity contribution in [2.75, 3.05) is 19.4 Å². The van der Waals surface area contributed by atoms with Crippen molar-refractivity contribution in [3.8, 4) is 0 Å². The molecule has 4 aromatic rings. The topological polar surface area (TPSA) is 72.9 Å². The molecule has 48 heavy (non-hydrogen) atoms. The van der Waals surface area contributed by atoms with Crippen molar-refractivity contribution in [1.82, 2.24) is 9.80 Å². The van der Waals surface area contributed by atoms with E-state index in [0.29, 0.717) is 22.2 Å². The van der Waals surface area contributed by atoms with E-state index in [0.717, 1.165) is 22.3 Å². The van der Waals surface area contributed by atoms with E-state index in [1.807, 2.05) is 97.1 Å². The van der Waals surface area contributed by atoms with Gasteiger partial charge in [0.2, 0.25) is 11.8 Å². The van der Waals surface area contributed by atoms with Crippen molar-refractivity contribution in [3.05, 3.63) is 135 Å². The quantitative estimate of drug-likeness (QED) is 0.194. The summed E-state index contributed by atoms with van der Waals surface area (Å²) < 4.78 is 0. The molecule has 6 nitrogen and oxygen atoms in total. The maximum Gasteiger partial charge on any atom is 0.240 e. The van der Waals surface area contributed by atoms with Crippen molar-refractivity contribution in [3.63, 3.8) is 0 Å². The van der Waals surface area contributed by atoms with Gasteiger partial charge in [0.1, 0.15) is 5.41 Å². The molecular formula is C38H43Cl2N3O3S2. The molecule has 4 aromatic carbocycles. The summed E-state index contributed by atoms with van der Waals surface area (Å²) >= 11 is 12.9. The highest BCUT2D eigenvalue weighted by atomic mass is 35.5. The van der Waals surface area contributed by atoms with Crippen LogP contribution in [-0.4, -0.2) is 52.9 Å². The summed E-state index contributed by atoms with van der Waals surface area (Å²) in [5.74, 6) is -0.810. The van der Waals surface area contributed by atoms with E-state index in [9.17, 15) is 14.7 Å². The lowest BCUT2D eigenvalue weighted by Crippen LogP contribution is -2.52. The molecular weight excluding hydrogens is 681 g/mol. The Labute approximate surface area is 307 Å². The molecule has 0 bridgehead atoms. The van der Waals surface area contributed by atoms with E-state index in [1.165, 1.54) is 0 Å². The van der Waals surface area contributed by atoms with E-state index in [-0.39, 0.29) is 44.7 Å². The summed E-state index contributed by atoms with van der Waals surface area (Å²) in [6, 6.07) is 30.4. The fourth-order valence-corrected chi connectivity index (χ4v) is 8.09. The number of amides is 2. The third-order valence-electron chi connectivity index (χ3n) is 9.58. The average Bonchev–Trinajstić information content (AvgIpc) is 3.48. The fraction of sp³-hybridized carbons (Fsp3) is 0.316. The first-order chi connectivity index (χ1) is 22.0. The van der Waals surface area contributed by atoms with Crippen LogP contribution in [0, 0.1) is 5.92 Å². The molecule has 2 heterocycles. The van der Waals surface area contributed by atoms with E-state index < -0.39 is 35.6 Å². The van der Waals surface area contributed by atoms with Crippen LogP contribution in [-0.2, 0) is 15.0 Å². The van der Waals surface area contributed by atoms with Crippen molar-refractivity contribution < 1.29 is 14.7 Å². The monoisotopic (exact) mass is 723 g/mol. The predicted octanol–water partition coefficient (Wildman–Crippen LogP) is 7.85. The van der Waals surface area contributed by atoms with E-state index in [1.54, 1.807) is 25.1 Å². The van der Waals surface area contributed by atoms with Gasteiger partial charge >= 0.3 is 0 Å². The number of carbonyl (C=O) groups is 2. The molecule has 2 aliphatic rings. The first kappa shape index (κ1) is 37.8. The Morgan fingerprint density at radius 2 is 1.44 bits per heavy atom. The zero-order chi connectivity index (χ0) is 32.7. The standard InChI is InChI=1S/C38H39Cl2N3O3.2H2S/c1-23(2)21-31-38(29-20-19-28(40)22-30(29)41-37(38)46)32(24-15-17-27(39)18-16-24)34(36(45)42(3)4)43(31)33(25-11-7-5-8-12-25)35(44)26-13-9-6-10-14-26;;/h5-20,22-23,31-35,44H,21H2,1-4H3,(H,41,46);2*1H2/t31-,32+,33-,34-,35+,38+;;/m1../s1. The van der Waals surface area contributed by atoms with Gasteiger partial charge in [-0.15, -0.1) is 0 Å². The number of likely N-dealkylation sites (N-methyl/N-ethyl adjacent to an activating group) is 1. The van der Waals surface area contributed by atoms with Crippen molar-refractivity contribution in [2.45, 2.75) is 55.8 Å². The fourth-order valence-electron chi connectivity index (χ4n) is 7.80. The third kappa shape index (κ3) is 6.51. The number of aliphatic hydroxyl groups excluding tert-OH is 1. The number of fused-ring (bicyclic) bond motifs is 2. The highest BCUT2D eigenvalue weighted by Crippen LogP contribution is 2.62. The Morgan fingerprint density at radius 3 is 2.00 bits per heavy atom. The van der Waals surface area contributed by atoms with Gasteiger partial charge in [-0.25, -0.2) is 0 Å². The van der Waals surface area contributed by atoms with Gasteiger partial charge in [-0.05, 0) is 58.9 Å². The highest BCUT2D eigenvalue weighted by molar-refractivity contribution is 7.59. The van der Waals surface area contributed by atoms with Gasteiger partial charge in [-0.1, -0.05) is 116 Å². The number of aliphatic hydroxyl groups is 1. The molecule has 1 saturated heterocycles. The minimum absolute atomic E-state index is 0. The van der Waals surface area contributed by atoms with Gasteiger partial charge in [-0.2, -0.15) is 27.0 Å². The van der Waals surface area contributed by atoms with Crippen LogP contribution in [0.5, 0.6) is 0 Å². The lowest BCUT2D eigenvalue weighted by Gasteiger charge is -2.43. The zero-order valence-corrected chi connectivity index (χ0v) is 30.9. The van der Waals surface area contributed by atoms with Gasteiger partial charge in [0.15, 0.2) is 0 Å². The van der Waals surface area contributed by atoms with Gasteiger partial charge in [0.25, 0.3) is 0 Å². The molecule has 6 atom stereocenters. The van der Waals surface area contributed by atoms with Crippen LogP contribution in [0.4, 0.5) is 5.69 Å². The van der Waals surface area contributed by atoms with Crippen molar-refractivity contribution in [1.29, 1.82) is 0 Å². The summed E-state index contributed by atoms with van der Waals surface area (Å²) in [5, 5.41) is 16.6. The molecule has 2 aliphatic heterocycles. The average molecular weight is 725 g/mol. The number of halogens is 2. The maximum absolute atomic E-state index is 14.9. The molecule has 2 amide bonds. The Bertz CT molecular complexity index is 1730. The van der Waals surface area contributed by atoms with Crippen LogP contribution in [0.1, 0.15) is 60.6 Å². The Kier molecular flexibility index (Phi) is 12.0. The number of nitrogens with one attached hydrogen (secondary N) is 1. The zero-order valence-electron chi connectivity index (χ0n) is 27.4. The Balaban J connectivity index is 0.00000260. The van der Waals surface area contributed by atoms with Crippen LogP contribution < -0.4 is 5.32 Å². The van der Waals surface area contributed by atoms with Crippen LogP contribution in [0.25, 0.3) is 0 Å². The molecule has 0 aliphatic carbocycles. The molecule has 0 saturated carbocycles. The minimum atomic E-state index is -1.20. The van der Waals surface area contributed by atoms with Crippen LogP contribution >= 0.6 is 50.2 Å². The van der Waals surface area contributed by atoms with Crippen LogP contribution in [0.3, 0.4) is 0 Å². The molecule has 2 N–H and O–H groups in total. The Hall–Kier alpha value is -2.98. The number of hydrogen-bond acceptors (Lipinski definition) is 4. The van der Waals surface area contributed by atoms with Crippen LogP contribution in [0.15, 0.2) is 103 Å². The number of likely N-dealkylation sites (tertiary alicyclic amines) is 1. The SMILES string of the molecule is CC(C)C[C@H]1N([C@H](c2ccccc2)[C@@H](O)c2ccccc2)[C@@H](C(=O)N(C)C)[C@H](c2ccc(Cl)cc2)[C@@]12C(=O)Nc1cc(Cl)ccc12.S.S. The van der Waals surface area contributed by atoms with Crippen molar-refractivity contribution >= 4 is 67.7 Å². The molecule has 1 fully saturated rings. The second-order valence-corrected chi connectivity index (χ2v) is 13.9. The highest BCUT2D eigenvalue weighted by Gasteiger charge is 2.70. The lowest BCUT2D eigenvalue weighted by molar-refractivity contribution is -0.136. The first-order valence-electron chi connectivity index (χ1n) is 15.7. The largest absolute Gasteiger partial charge is 0.386 e. The van der Waals surface area contributed by atoms with Crippen LogP contribution in [0.2, 0.25) is 10.0 Å². The summed E-state index contributed by atoms with van der Waals surface area (Å²) in [6.45, 7) is 4.26. The molecule has 1 spiro atoms. The molecule has 0 aromatic heterocycles. The van der Waals surface area contributed by atoms with E-state index in [2.05, 4.69) is 24.1 Å². The second-order valence-electron chi connectivity index (χ2n) is 13.0. The lowest BCUT2D eigenvalue weighted by atomic mass is 9.63. The maximum atomic E-state index is 14.9. The van der Waals surface area contributed by atoms with E-state index in [4.69, 9.17) is 23.2 Å². The van der Waals surface area contributed by atoms with Gasteiger partial charge in [-0.3, -0.25) is 14.5 Å². The molecule has 0 radical (unpaired) electrons. The number of nitrogens with zero attached hydrogens (tertiary/aromatic N) is 2. The van der Waals surface area contributed by atoms with E-state index >= 15 is 0 Å². The van der Waals surface area contributed by atoms with Gasteiger partial charge < -0.3 is 15.3 Å². The summed E-state index contributed by atoms with van der Waals surface area (Å²) in [7, 11) is 3.49. The summed E-state index contributed by atoms with van der Waals surface area (Å²) in [6.07, 6.45) is -0.423. The number of benzene rings is 4. The smallest absolute Gasteiger partial charge is 0.240 e. The Morgan fingerprint density at radius 1 is 0.875 bits per heavy atom. The minimum Gasteiger partial charge on any atom is -0.386 e. The number of anilines is 1. The molecule has 10 heteroatoms. The number of hydrogen-bond donors (Lipinski definition) is 2. The van der Waals surface area contributed by atoms with Crippen molar-refractivity contribution in [2.24, 2.45) is 5.92 Å². The molecule has 6 rings (SSSR count). The molecule has 254 valence electrons.